The van der Waals surface area contributed by atoms with Crippen LogP contribution >= 0.6 is 11.3 Å². The number of nitrogens with zero attached hydrogens (tertiary/aromatic N) is 2. The van der Waals surface area contributed by atoms with Crippen LogP contribution < -0.4 is 15.5 Å². The molecule has 0 bridgehead atoms. The van der Waals surface area contributed by atoms with Gasteiger partial charge in [-0.1, -0.05) is 12.1 Å². The molecule has 0 aliphatic rings. The minimum atomic E-state index is 0.815. The molecule has 1 aromatic heterocycles. The van der Waals surface area contributed by atoms with Crippen LogP contribution in [-0.2, 0) is 13.0 Å². The molecule has 0 aliphatic heterocycles. The molecule has 1 aromatic carbocycles. The van der Waals surface area contributed by atoms with Crippen LogP contribution in [0, 0.1) is 6.92 Å². The highest BCUT2D eigenvalue weighted by Crippen LogP contribution is 2.14. The Bertz CT molecular complexity index is 629. The van der Waals surface area contributed by atoms with Crippen molar-refractivity contribution in [2.45, 2.75) is 19.9 Å². The van der Waals surface area contributed by atoms with Gasteiger partial charge in [-0.2, -0.15) is 0 Å². The first-order chi connectivity index (χ1) is 11.1. The van der Waals surface area contributed by atoms with Crippen LogP contribution in [0.5, 0.6) is 0 Å². The van der Waals surface area contributed by atoms with Crippen molar-refractivity contribution in [2.24, 2.45) is 4.99 Å². The maximum absolute atomic E-state index is 4.27. The standard InChI is InChI=1S/C18H26N4S/c1-14-5-10-17(23-14)13-21-18(19-2)20-12-11-15-6-8-16(9-7-15)22(3)4/h5-10H,11-13H2,1-4H3,(H2,19,20,21). The Balaban J connectivity index is 1.75. The molecule has 0 unspecified atom stereocenters. The van der Waals surface area contributed by atoms with Gasteiger partial charge in [0.05, 0.1) is 6.54 Å². The largest absolute Gasteiger partial charge is 0.378 e. The minimum absolute atomic E-state index is 0.815. The van der Waals surface area contributed by atoms with Gasteiger partial charge in [-0.05, 0) is 43.2 Å². The second-order valence-electron chi connectivity index (χ2n) is 5.68. The van der Waals surface area contributed by atoms with Gasteiger partial charge in [0.25, 0.3) is 0 Å². The van der Waals surface area contributed by atoms with Gasteiger partial charge in [-0.3, -0.25) is 4.99 Å². The molecule has 2 rings (SSSR count). The summed E-state index contributed by atoms with van der Waals surface area (Å²) in [5, 5.41) is 6.72. The summed E-state index contributed by atoms with van der Waals surface area (Å²) >= 11 is 1.82. The van der Waals surface area contributed by atoms with E-state index in [2.05, 4.69) is 77.9 Å². The third-order valence-corrected chi connectivity index (χ3v) is 4.61. The molecular formula is C18H26N4S. The number of anilines is 1. The number of aliphatic imine (C=N–C) groups is 1. The van der Waals surface area contributed by atoms with Gasteiger partial charge in [0, 0.05) is 43.1 Å². The molecule has 1 heterocycles. The van der Waals surface area contributed by atoms with E-state index in [1.165, 1.54) is 21.0 Å². The maximum atomic E-state index is 4.27. The Kier molecular flexibility index (Phi) is 6.47. The van der Waals surface area contributed by atoms with Crippen LogP contribution in [0.2, 0.25) is 0 Å². The normalized spacial score (nSPS) is 11.4. The minimum Gasteiger partial charge on any atom is -0.378 e. The Labute approximate surface area is 143 Å². The van der Waals surface area contributed by atoms with Gasteiger partial charge in [-0.15, -0.1) is 11.3 Å². The molecule has 0 radical (unpaired) electrons. The average Bonchev–Trinajstić information content (AvgIpc) is 2.96. The Morgan fingerprint density at radius 3 is 2.39 bits per heavy atom. The smallest absolute Gasteiger partial charge is 0.191 e. The van der Waals surface area contributed by atoms with E-state index in [0.717, 1.165) is 25.5 Å². The number of aryl methyl sites for hydroxylation is 1. The average molecular weight is 331 g/mol. The van der Waals surface area contributed by atoms with E-state index < -0.39 is 0 Å². The summed E-state index contributed by atoms with van der Waals surface area (Å²) < 4.78 is 0. The monoisotopic (exact) mass is 330 g/mol. The van der Waals surface area contributed by atoms with Crippen LogP contribution in [-0.4, -0.2) is 33.6 Å². The molecule has 0 amide bonds. The summed E-state index contributed by atoms with van der Waals surface area (Å²) in [6.45, 7) is 3.81. The molecular weight excluding hydrogens is 304 g/mol. The predicted octanol–water partition coefficient (Wildman–Crippen LogP) is 3.03. The van der Waals surface area contributed by atoms with E-state index in [9.17, 15) is 0 Å². The number of hydrogen-bond donors (Lipinski definition) is 2. The topological polar surface area (TPSA) is 39.7 Å². The summed E-state index contributed by atoms with van der Waals surface area (Å²) in [7, 11) is 5.92. The second kappa shape index (κ2) is 8.58. The number of benzene rings is 1. The fraction of sp³-hybridized carbons (Fsp3) is 0.389. The van der Waals surface area contributed by atoms with Crippen molar-refractivity contribution in [3.8, 4) is 0 Å². The lowest BCUT2D eigenvalue weighted by Gasteiger charge is -2.13. The molecule has 0 saturated heterocycles. The van der Waals surface area contributed by atoms with E-state index in [4.69, 9.17) is 0 Å². The summed E-state index contributed by atoms with van der Waals surface area (Å²) in [5.41, 5.74) is 2.55. The number of guanidine groups is 1. The third-order valence-electron chi connectivity index (χ3n) is 3.61. The molecule has 0 aliphatic carbocycles. The van der Waals surface area contributed by atoms with Gasteiger partial charge in [-0.25, -0.2) is 0 Å². The maximum Gasteiger partial charge on any atom is 0.191 e. The molecule has 5 heteroatoms. The highest BCUT2D eigenvalue weighted by molar-refractivity contribution is 7.11. The van der Waals surface area contributed by atoms with Crippen molar-refractivity contribution in [1.29, 1.82) is 0 Å². The lowest BCUT2D eigenvalue weighted by Crippen LogP contribution is -2.37. The summed E-state index contributed by atoms with van der Waals surface area (Å²) in [6, 6.07) is 13.0. The van der Waals surface area contributed by atoms with Gasteiger partial charge in [0.2, 0.25) is 0 Å². The SMILES string of the molecule is CN=C(NCCc1ccc(N(C)C)cc1)NCc1ccc(C)s1. The highest BCUT2D eigenvalue weighted by Gasteiger charge is 2.01. The number of rotatable bonds is 6. The molecule has 0 atom stereocenters. The molecule has 2 aromatic rings. The van der Waals surface area contributed by atoms with Crippen LogP contribution in [0.15, 0.2) is 41.4 Å². The zero-order valence-electron chi connectivity index (χ0n) is 14.4. The van der Waals surface area contributed by atoms with E-state index in [1.54, 1.807) is 7.05 Å². The second-order valence-corrected chi connectivity index (χ2v) is 7.05. The summed E-state index contributed by atoms with van der Waals surface area (Å²) in [5.74, 6) is 0.848. The van der Waals surface area contributed by atoms with Crippen LogP contribution in [0.1, 0.15) is 15.3 Å². The predicted molar refractivity (Wildman–Crippen MR) is 102 cm³/mol. The number of hydrogen-bond acceptors (Lipinski definition) is 3. The summed E-state index contributed by atoms with van der Waals surface area (Å²) in [4.78, 5) is 9.04. The first-order valence-corrected chi connectivity index (χ1v) is 8.66. The van der Waals surface area contributed by atoms with Crippen LogP contribution in [0.25, 0.3) is 0 Å². The van der Waals surface area contributed by atoms with Crippen molar-refractivity contribution < 1.29 is 0 Å². The third kappa shape index (κ3) is 5.60. The Morgan fingerprint density at radius 2 is 1.83 bits per heavy atom. The first-order valence-electron chi connectivity index (χ1n) is 7.84. The van der Waals surface area contributed by atoms with Crippen molar-refractivity contribution in [2.75, 3.05) is 32.6 Å². The molecule has 0 spiro atoms. The molecule has 0 fully saturated rings. The van der Waals surface area contributed by atoms with E-state index >= 15 is 0 Å². The fourth-order valence-corrected chi connectivity index (χ4v) is 3.09. The van der Waals surface area contributed by atoms with Crippen molar-refractivity contribution in [1.82, 2.24) is 10.6 Å². The molecule has 124 valence electrons. The molecule has 0 saturated carbocycles. The first kappa shape index (κ1) is 17.3. The lowest BCUT2D eigenvalue weighted by atomic mass is 10.1. The van der Waals surface area contributed by atoms with E-state index in [-0.39, 0.29) is 0 Å². The Morgan fingerprint density at radius 1 is 1.09 bits per heavy atom. The fourth-order valence-electron chi connectivity index (χ4n) is 2.26. The van der Waals surface area contributed by atoms with Crippen molar-refractivity contribution in [3.05, 3.63) is 51.7 Å². The van der Waals surface area contributed by atoms with Gasteiger partial charge >= 0.3 is 0 Å². The summed E-state index contributed by atoms with van der Waals surface area (Å²) in [6.07, 6.45) is 0.979. The Hall–Kier alpha value is -2.01. The molecule has 4 nitrogen and oxygen atoms in total. The number of thiophene rings is 1. The van der Waals surface area contributed by atoms with E-state index in [1.807, 2.05) is 11.3 Å². The molecule has 23 heavy (non-hydrogen) atoms. The zero-order chi connectivity index (χ0) is 16.7. The van der Waals surface area contributed by atoms with Crippen LogP contribution in [0.3, 0.4) is 0 Å². The van der Waals surface area contributed by atoms with E-state index in [0.29, 0.717) is 0 Å². The van der Waals surface area contributed by atoms with Gasteiger partial charge in [0.15, 0.2) is 5.96 Å². The van der Waals surface area contributed by atoms with Gasteiger partial charge in [0.1, 0.15) is 0 Å². The van der Waals surface area contributed by atoms with Crippen molar-refractivity contribution >= 4 is 23.0 Å². The molecule has 2 N–H and O–H groups in total. The van der Waals surface area contributed by atoms with Crippen LogP contribution in [0.4, 0.5) is 5.69 Å². The van der Waals surface area contributed by atoms with Crippen molar-refractivity contribution in [3.63, 3.8) is 0 Å². The quantitative estimate of drug-likeness (QED) is 0.632. The highest BCUT2D eigenvalue weighted by atomic mass is 32.1. The van der Waals surface area contributed by atoms with Gasteiger partial charge < -0.3 is 15.5 Å². The zero-order valence-corrected chi connectivity index (χ0v) is 15.2. The number of nitrogens with one attached hydrogen (secondary N) is 2. The lowest BCUT2D eigenvalue weighted by molar-refractivity contribution is 0.799.